The summed E-state index contributed by atoms with van der Waals surface area (Å²) in [5.74, 6) is -0.473. The highest BCUT2D eigenvalue weighted by Gasteiger charge is 2.31. The topological polar surface area (TPSA) is 67.2 Å². The summed E-state index contributed by atoms with van der Waals surface area (Å²) in [4.78, 5) is 13.0. The molecule has 0 spiro atoms. The molecule has 2 aromatic rings. The number of hydrogen-bond donors (Lipinski definition) is 3. The van der Waals surface area contributed by atoms with Crippen LogP contribution in [0.4, 0.5) is 0 Å². The van der Waals surface area contributed by atoms with Crippen LogP contribution >= 0.6 is 39.5 Å². The second-order valence-corrected chi connectivity index (χ2v) is 7.01. The van der Waals surface area contributed by atoms with Gasteiger partial charge in [-0.3, -0.25) is 4.79 Å². The number of thiocarbonyl (C=S) groups is 1. The lowest BCUT2D eigenvalue weighted by Crippen LogP contribution is -2.45. The van der Waals surface area contributed by atoms with Gasteiger partial charge in [-0.1, -0.05) is 34.1 Å². The fraction of sp³-hybridized carbons (Fsp3) is 0.0667. The first kappa shape index (κ1) is 15.2. The molecule has 1 aliphatic heterocycles. The maximum Gasteiger partial charge on any atom is 0.249 e. The molecular weight excluding hydrogens is 382 g/mol. The van der Waals surface area contributed by atoms with Crippen molar-refractivity contribution in [1.29, 1.82) is 0 Å². The van der Waals surface area contributed by atoms with E-state index >= 15 is 0 Å². The molecule has 0 radical (unpaired) electrons. The maximum atomic E-state index is 12.1. The number of hydrogen-bond acceptors (Lipinski definition) is 3. The number of primary amides is 1. The molecule has 0 saturated carbocycles. The first-order valence-electron chi connectivity index (χ1n) is 6.47. The number of carbonyl (C=O) groups is 1. The summed E-state index contributed by atoms with van der Waals surface area (Å²) in [6.07, 6.45) is 0. The first-order valence-corrected chi connectivity index (χ1v) is 8.55. The van der Waals surface area contributed by atoms with Gasteiger partial charge in [-0.05, 0) is 41.4 Å². The van der Waals surface area contributed by atoms with Gasteiger partial charge in [-0.2, -0.15) is 0 Å². The molecule has 1 aromatic heterocycles. The third-order valence-corrected chi connectivity index (χ3v) is 4.98. The van der Waals surface area contributed by atoms with Gasteiger partial charge in [-0.25, -0.2) is 0 Å². The molecule has 4 N–H and O–H groups in total. The molecule has 0 aliphatic carbocycles. The van der Waals surface area contributed by atoms with Gasteiger partial charge in [-0.15, -0.1) is 11.3 Å². The van der Waals surface area contributed by atoms with E-state index < -0.39 is 5.91 Å². The Morgan fingerprint density at radius 1 is 1.27 bits per heavy atom. The third kappa shape index (κ3) is 2.92. The number of nitrogens with one attached hydrogen (secondary N) is 2. The molecular formula is C15H12BrN3OS2. The fourth-order valence-electron chi connectivity index (χ4n) is 2.34. The summed E-state index contributed by atoms with van der Waals surface area (Å²) in [6.45, 7) is 0. The lowest BCUT2D eigenvalue weighted by molar-refractivity contribution is -0.114. The Kier molecular flexibility index (Phi) is 4.28. The van der Waals surface area contributed by atoms with E-state index in [2.05, 4.69) is 26.6 Å². The summed E-state index contributed by atoms with van der Waals surface area (Å²) in [5, 5.41) is 8.62. The van der Waals surface area contributed by atoms with Crippen molar-refractivity contribution in [2.24, 2.45) is 5.73 Å². The van der Waals surface area contributed by atoms with Gasteiger partial charge in [0.15, 0.2) is 5.11 Å². The van der Waals surface area contributed by atoms with Crippen LogP contribution in [-0.4, -0.2) is 11.0 Å². The van der Waals surface area contributed by atoms with Crippen LogP contribution in [0.25, 0.3) is 5.70 Å². The largest absolute Gasteiger partial charge is 0.366 e. The van der Waals surface area contributed by atoms with Crippen LogP contribution in [0, 0.1) is 0 Å². The Bertz CT molecular complexity index is 754. The van der Waals surface area contributed by atoms with Gasteiger partial charge >= 0.3 is 0 Å². The van der Waals surface area contributed by atoms with Gasteiger partial charge in [0.05, 0.1) is 17.3 Å². The number of benzene rings is 1. The minimum atomic E-state index is -0.473. The van der Waals surface area contributed by atoms with Crippen molar-refractivity contribution in [3.8, 4) is 0 Å². The summed E-state index contributed by atoms with van der Waals surface area (Å²) in [7, 11) is 0. The SMILES string of the molecule is NC(=O)C1=C(c2ccc(Br)cc2)NC(=S)NC1c1cccs1. The molecule has 0 saturated heterocycles. The predicted molar refractivity (Wildman–Crippen MR) is 96.2 cm³/mol. The van der Waals surface area contributed by atoms with Crippen LogP contribution in [-0.2, 0) is 4.79 Å². The quantitative estimate of drug-likeness (QED) is 0.701. The number of amides is 1. The van der Waals surface area contributed by atoms with E-state index in [1.165, 1.54) is 0 Å². The van der Waals surface area contributed by atoms with E-state index in [1.54, 1.807) is 11.3 Å². The Balaban J connectivity index is 2.16. The van der Waals surface area contributed by atoms with E-state index in [0.29, 0.717) is 16.4 Å². The van der Waals surface area contributed by atoms with Crippen LogP contribution in [0.5, 0.6) is 0 Å². The molecule has 1 unspecified atom stereocenters. The number of carbonyl (C=O) groups excluding carboxylic acids is 1. The van der Waals surface area contributed by atoms with Crippen molar-refractivity contribution < 1.29 is 4.79 Å². The predicted octanol–water partition coefficient (Wildman–Crippen LogP) is 2.93. The smallest absolute Gasteiger partial charge is 0.249 e. The van der Waals surface area contributed by atoms with Crippen LogP contribution < -0.4 is 16.4 Å². The van der Waals surface area contributed by atoms with Crippen molar-refractivity contribution in [2.45, 2.75) is 6.04 Å². The summed E-state index contributed by atoms with van der Waals surface area (Å²) in [6, 6.07) is 11.2. The zero-order chi connectivity index (χ0) is 15.7. The first-order chi connectivity index (χ1) is 10.6. The molecule has 112 valence electrons. The highest BCUT2D eigenvalue weighted by molar-refractivity contribution is 9.10. The Labute approximate surface area is 145 Å². The molecule has 1 aromatic carbocycles. The Morgan fingerprint density at radius 3 is 2.59 bits per heavy atom. The number of rotatable bonds is 3. The fourth-order valence-corrected chi connectivity index (χ4v) is 3.61. The van der Waals surface area contributed by atoms with Crippen molar-refractivity contribution in [3.05, 3.63) is 62.3 Å². The minimum absolute atomic E-state index is 0.329. The van der Waals surface area contributed by atoms with E-state index in [9.17, 15) is 4.79 Å². The van der Waals surface area contributed by atoms with Crippen molar-refractivity contribution >= 4 is 56.2 Å². The molecule has 1 atom stereocenters. The van der Waals surface area contributed by atoms with Crippen LogP contribution in [0.15, 0.2) is 51.8 Å². The zero-order valence-corrected chi connectivity index (χ0v) is 14.5. The van der Waals surface area contributed by atoms with Gasteiger partial charge in [0.25, 0.3) is 0 Å². The monoisotopic (exact) mass is 393 g/mol. The van der Waals surface area contributed by atoms with E-state index in [1.807, 2.05) is 41.8 Å². The zero-order valence-electron chi connectivity index (χ0n) is 11.3. The summed E-state index contributed by atoms with van der Waals surface area (Å²) >= 11 is 10.2. The van der Waals surface area contributed by atoms with Gasteiger partial charge in [0.2, 0.25) is 5.91 Å². The molecule has 3 rings (SSSR count). The maximum absolute atomic E-state index is 12.1. The molecule has 22 heavy (non-hydrogen) atoms. The van der Waals surface area contributed by atoms with Crippen molar-refractivity contribution in [2.75, 3.05) is 0 Å². The van der Waals surface area contributed by atoms with Gasteiger partial charge in [0, 0.05) is 9.35 Å². The standard InChI is InChI=1S/C15H12BrN3OS2/c16-9-5-3-8(4-6-9)12-11(14(17)20)13(19-15(21)18-12)10-2-1-7-22-10/h1-7,13H,(H2,17,20)(H2,18,19,21). The second kappa shape index (κ2) is 6.20. The van der Waals surface area contributed by atoms with Crippen LogP contribution in [0.1, 0.15) is 16.5 Å². The van der Waals surface area contributed by atoms with Crippen LogP contribution in [0.2, 0.25) is 0 Å². The molecule has 0 fully saturated rings. The number of nitrogens with two attached hydrogens (primary N) is 1. The number of halogens is 1. The lowest BCUT2D eigenvalue weighted by atomic mass is 9.96. The van der Waals surface area contributed by atoms with E-state index in [0.717, 1.165) is 14.9 Å². The average molecular weight is 394 g/mol. The van der Waals surface area contributed by atoms with Crippen molar-refractivity contribution in [3.63, 3.8) is 0 Å². The molecule has 7 heteroatoms. The Hall–Kier alpha value is -1.70. The van der Waals surface area contributed by atoms with E-state index in [4.69, 9.17) is 18.0 Å². The van der Waals surface area contributed by atoms with Crippen molar-refractivity contribution in [1.82, 2.24) is 10.6 Å². The molecule has 0 bridgehead atoms. The third-order valence-electron chi connectivity index (χ3n) is 3.30. The minimum Gasteiger partial charge on any atom is -0.366 e. The molecule has 1 aliphatic rings. The number of thiophene rings is 1. The second-order valence-electron chi connectivity index (χ2n) is 4.71. The lowest BCUT2D eigenvalue weighted by Gasteiger charge is -2.30. The molecule has 1 amide bonds. The normalized spacial score (nSPS) is 17.9. The van der Waals surface area contributed by atoms with E-state index in [-0.39, 0.29) is 6.04 Å². The van der Waals surface area contributed by atoms with Gasteiger partial charge < -0.3 is 16.4 Å². The van der Waals surface area contributed by atoms with Crippen LogP contribution in [0.3, 0.4) is 0 Å². The summed E-state index contributed by atoms with van der Waals surface area (Å²) in [5.41, 5.74) is 7.64. The molecule has 4 nitrogen and oxygen atoms in total. The Morgan fingerprint density at radius 2 is 2.00 bits per heavy atom. The highest BCUT2D eigenvalue weighted by atomic mass is 79.9. The average Bonchev–Trinajstić information content (AvgIpc) is 3.01. The summed E-state index contributed by atoms with van der Waals surface area (Å²) < 4.78 is 0.962. The molecule has 2 heterocycles. The highest BCUT2D eigenvalue weighted by Crippen LogP contribution is 2.33. The van der Waals surface area contributed by atoms with Gasteiger partial charge in [0.1, 0.15) is 0 Å².